The molecule has 2 aromatic carbocycles. The van der Waals surface area contributed by atoms with Gasteiger partial charge in [0.05, 0.1) is 16.6 Å². The molecule has 0 N–H and O–H groups in total. The van der Waals surface area contributed by atoms with E-state index in [0.717, 1.165) is 11.3 Å². The van der Waals surface area contributed by atoms with E-state index in [1.807, 2.05) is 0 Å². The maximum absolute atomic E-state index is 4.49. The molecule has 0 atom stereocenters. The molecular weight excluding hydrogens is 581 g/mol. The summed E-state index contributed by atoms with van der Waals surface area (Å²) < 4.78 is 0. The van der Waals surface area contributed by atoms with Crippen LogP contribution in [0.15, 0.2) is 36.4 Å². The summed E-state index contributed by atoms with van der Waals surface area (Å²) in [4.78, 5) is 0. The average Bonchev–Trinajstić information content (AvgIpc) is 2.90. The van der Waals surface area contributed by atoms with Crippen molar-refractivity contribution in [3.63, 3.8) is 0 Å². The van der Waals surface area contributed by atoms with Crippen LogP contribution in [0.3, 0.4) is 0 Å². The molecule has 2 saturated carbocycles. The van der Waals surface area contributed by atoms with Gasteiger partial charge in [0.1, 0.15) is 0 Å². The van der Waals surface area contributed by atoms with Gasteiger partial charge in [-0.2, -0.15) is 0 Å². The summed E-state index contributed by atoms with van der Waals surface area (Å²) in [6.45, 7) is 14.3. The predicted molar refractivity (Wildman–Crippen MR) is 168 cm³/mol. The SMILES string of the molecule is CC(C)c1cc(C(C)C)c(-c2ccccc2[PH+](C2CCCCC2)C2CCCCC2)c(C(C)C)c1.[CH3-].[Cl][Pd+]. The van der Waals surface area contributed by atoms with Crippen molar-refractivity contribution in [2.24, 2.45) is 0 Å². The first-order valence-electron chi connectivity index (χ1n) is 14.6. The summed E-state index contributed by atoms with van der Waals surface area (Å²) in [5.74, 6) is 1.65. The third-order valence-corrected chi connectivity index (χ3v) is 12.7. The molecule has 0 radical (unpaired) electrons. The van der Waals surface area contributed by atoms with Gasteiger partial charge < -0.3 is 7.43 Å². The summed E-state index contributed by atoms with van der Waals surface area (Å²) in [5.41, 5.74) is 9.82. The Hall–Kier alpha value is -0.178. The van der Waals surface area contributed by atoms with Gasteiger partial charge in [-0.3, -0.25) is 0 Å². The summed E-state index contributed by atoms with van der Waals surface area (Å²) in [7, 11) is 3.88. The molecule has 0 bridgehead atoms. The fourth-order valence-corrected chi connectivity index (χ4v) is 11.2. The Balaban J connectivity index is 0.00000157. The Bertz CT molecular complexity index is 892. The molecule has 2 aliphatic carbocycles. The number of hydrogen-bond donors (Lipinski definition) is 0. The first kappa shape index (κ1) is 33.0. The Kier molecular flexibility index (Phi) is 14.4. The second kappa shape index (κ2) is 16.2. The van der Waals surface area contributed by atoms with Crippen LogP contribution in [0.5, 0.6) is 0 Å². The van der Waals surface area contributed by atoms with E-state index in [-0.39, 0.29) is 7.43 Å². The summed E-state index contributed by atoms with van der Waals surface area (Å²) >= 11 is 2.22. The van der Waals surface area contributed by atoms with Crippen molar-refractivity contribution in [1.29, 1.82) is 0 Å². The first-order chi connectivity index (χ1) is 17.4. The van der Waals surface area contributed by atoms with Crippen molar-refractivity contribution in [3.8, 4) is 11.1 Å². The van der Waals surface area contributed by atoms with E-state index in [4.69, 9.17) is 0 Å². The zero-order valence-electron chi connectivity index (χ0n) is 24.6. The number of rotatable bonds is 7. The van der Waals surface area contributed by atoms with Crippen LogP contribution in [0.4, 0.5) is 0 Å². The molecule has 210 valence electrons. The minimum absolute atomic E-state index is 0. The van der Waals surface area contributed by atoms with Crippen molar-refractivity contribution in [3.05, 3.63) is 60.5 Å². The number of hydrogen-bond acceptors (Lipinski definition) is 0. The first-order valence-corrected chi connectivity index (χ1v) is 18.3. The number of benzene rings is 2. The van der Waals surface area contributed by atoms with Crippen molar-refractivity contribution >= 4 is 22.8 Å². The van der Waals surface area contributed by atoms with Gasteiger partial charge >= 0.3 is 27.7 Å². The molecule has 0 spiro atoms. The average molecular weight is 635 g/mol. The zero-order valence-corrected chi connectivity index (χ0v) is 27.9. The van der Waals surface area contributed by atoms with Gasteiger partial charge in [-0.15, -0.1) is 0 Å². The Labute approximate surface area is 246 Å². The zero-order chi connectivity index (χ0) is 26.2. The van der Waals surface area contributed by atoms with Crippen molar-refractivity contribution in [1.82, 2.24) is 0 Å². The third-order valence-electron chi connectivity index (χ3n) is 8.73. The van der Waals surface area contributed by atoms with Crippen molar-refractivity contribution < 1.29 is 18.2 Å². The normalized spacial score (nSPS) is 17.2. The van der Waals surface area contributed by atoms with Crippen LogP contribution in [0.25, 0.3) is 11.1 Å². The molecule has 0 saturated heterocycles. The molecule has 0 heterocycles. The molecule has 2 aliphatic rings. The summed E-state index contributed by atoms with van der Waals surface area (Å²) in [6, 6.07) is 14.9. The molecule has 3 heteroatoms. The molecular formula is C34H53ClPPd+. The Morgan fingerprint density at radius 3 is 1.51 bits per heavy atom. The van der Waals surface area contributed by atoms with Gasteiger partial charge in [0, 0.05) is 13.5 Å². The standard InChI is InChI=1S/C33H49P.CH3.ClH.Pd/c1-23(2)26-21-30(24(3)4)33(31(22-26)25(5)6)29-19-13-14-20-32(29)34(27-15-9-7-10-16-27)28-17-11-8-12-18-28;;;/h13-14,19-25,27-28H,7-12,15-18H2,1-6H3;1H3;1H;/q;-1;;+2. The van der Waals surface area contributed by atoms with Crippen molar-refractivity contribution in [2.75, 3.05) is 0 Å². The second-order valence-corrected chi connectivity index (χ2v) is 15.3. The molecule has 0 amide bonds. The van der Waals surface area contributed by atoms with Crippen LogP contribution in [0.2, 0.25) is 0 Å². The number of halogens is 1. The summed E-state index contributed by atoms with van der Waals surface area (Å²) in [5, 5.41) is 1.78. The van der Waals surface area contributed by atoms with Gasteiger partial charge in [0.2, 0.25) is 0 Å². The van der Waals surface area contributed by atoms with Crippen molar-refractivity contribution in [2.45, 2.75) is 135 Å². The van der Waals surface area contributed by atoms with E-state index in [1.54, 1.807) is 27.6 Å². The molecule has 0 aliphatic heterocycles. The van der Waals surface area contributed by atoms with Crippen LogP contribution < -0.4 is 5.30 Å². The van der Waals surface area contributed by atoms with E-state index >= 15 is 0 Å². The molecule has 37 heavy (non-hydrogen) atoms. The quantitative estimate of drug-likeness (QED) is 0.162. The van der Waals surface area contributed by atoms with E-state index in [9.17, 15) is 0 Å². The fraction of sp³-hybridized carbons (Fsp3) is 0.618. The van der Waals surface area contributed by atoms with Crippen LogP contribution in [-0.2, 0) is 18.2 Å². The molecule has 0 nitrogen and oxygen atoms in total. The summed E-state index contributed by atoms with van der Waals surface area (Å²) in [6.07, 6.45) is 14.7. The van der Waals surface area contributed by atoms with Crippen LogP contribution in [0, 0.1) is 7.43 Å². The maximum atomic E-state index is 4.49. The Morgan fingerprint density at radius 2 is 1.11 bits per heavy atom. The second-order valence-electron chi connectivity index (χ2n) is 12.2. The molecule has 0 aromatic heterocycles. The Morgan fingerprint density at radius 1 is 0.676 bits per heavy atom. The van der Waals surface area contributed by atoms with Gasteiger partial charge in [0.15, 0.2) is 0 Å². The van der Waals surface area contributed by atoms with Crippen LogP contribution in [-0.4, -0.2) is 11.3 Å². The van der Waals surface area contributed by atoms with E-state index in [0.29, 0.717) is 17.8 Å². The van der Waals surface area contributed by atoms with Crippen LogP contribution >= 0.6 is 17.5 Å². The van der Waals surface area contributed by atoms with E-state index < -0.39 is 7.92 Å². The van der Waals surface area contributed by atoms with E-state index in [1.165, 1.54) is 69.8 Å². The van der Waals surface area contributed by atoms with Gasteiger partial charge in [-0.1, -0.05) is 84.7 Å². The third kappa shape index (κ3) is 8.17. The molecule has 2 aromatic rings. The molecule has 2 fully saturated rings. The molecule has 0 unspecified atom stereocenters. The van der Waals surface area contributed by atoms with Crippen LogP contribution in [0.1, 0.15) is 140 Å². The monoisotopic (exact) mass is 633 g/mol. The topological polar surface area (TPSA) is 0 Å². The molecule has 4 rings (SSSR count). The minimum atomic E-state index is -0.610. The predicted octanol–water partition coefficient (Wildman–Crippen LogP) is 11.4. The van der Waals surface area contributed by atoms with Gasteiger partial charge in [-0.25, -0.2) is 0 Å². The fourth-order valence-electron chi connectivity index (χ4n) is 6.82. The van der Waals surface area contributed by atoms with Gasteiger partial charge in [-0.05, 0) is 97.4 Å². The van der Waals surface area contributed by atoms with Gasteiger partial charge in [0.25, 0.3) is 0 Å². The van der Waals surface area contributed by atoms with E-state index in [2.05, 4.69) is 106 Å².